The van der Waals surface area contributed by atoms with Crippen LogP contribution in [0.1, 0.15) is 64.1 Å². The van der Waals surface area contributed by atoms with E-state index in [-0.39, 0.29) is 29.8 Å². The van der Waals surface area contributed by atoms with Crippen LogP contribution in [0.2, 0.25) is 0 Å². The quantitative estimate of drug-likeness (QED) is 0.720. The highest BCUT2D eigenvalue weighted by Gasteiger charge is 2.48. The molecule has 0 bridgehead atoms. The molecular weight excluding hydrogens is 352 g/mol. The molecule has 1 saturated heterocycles. The van der Waals surface area contributed by atoms with Crippen LogP contribution in [0.25, 0.3) is 0 Å². The summed E-state index contributed by atoms with van der Waals surface area (Å²) in [5.41, 5.74) is 2.99. The van der Waals surface area contributed by atoms with Crippen LogP contribution in [0.5, 0.6) is 0 Å². The zero-order valence-electron chi connectivity index (χ0n) is 15.8. The number of hydrogen-bond acceptors (Lipinski definition) is 3. The van der Waals surface area contributed by atoms with Crippen LogP contribution in [0.15, 0.2) is 48.5 Å². The molecular formula is C23H22N2O3. The summed E-state index contributed by atoms with van der Waals surface area (Å²) in [6, 6.07) is 14.2. The van der Waals surface area contributed by atoms with Gasteiger partial charge in [-0.15, -0.1) is 0 Å². The maximum atomic E-state index is 13.7. The van der Waals surface area contributed by atoms with Gasteiger partial charge in [-0.1, -0.05) is 36.4 Å². The predicted octanol–water partition coefficient (Wildman–Crippen LogP) is 3.35. The van der Waals surface area contributed by atoms with Gasteiger partial charge < -0.3 is 4.90 Å². The highest BCUT2D eigenvalue weighted by molar-refractivity contribution is 6.22. The molecule has 0 N–H and O–H groups in total. The molecule has 3 aliphatic heterocycles. The topological polar surface area (TPSA) is 57.7 Å². The van der Waals surface area contributed by atoms with E-state index in [1.54, 1.807) is 24.3 Å². The lowest BCUT2D eigenvalue weighted by Gasteiger charge is -2.42. The molecule has 3 heterocycles. The normalized spacial score (nSPS) is 26.6. The second-order valence-corrected chi connectivity index (χ2v) is 7.99. The Balaban J connectivity index is 1.62. The molecule has 5 nitrogen and oxygen atoms in total. The predicted molar refractivity (Wildman–Crippen MR) is 104 cm³/mol. The Morgan fingerprint density at radius 1 is 0.821 bits per heavy atom. The highest BCUT2D eigenvalue weighted by atomic mass is 16.2. The molecule has 0 aliphatic carbocycles. The molecule has 0 saturated carbocycles. The summed E-state index contributed by atoms with van der Waals surface area (Å²) in [5, 5.41) is 0. The minimum absolute atomic E-state index is 0.0210. The van der Waals surface area contributed by atoms with Gasteiger partial charge in [0.05, 0.1) is 17.2 Å². The first-order chi connectivity index (χ1) is 13.6. The Kier molecular flexibility index (Phi) is 3.86. The van der Waals surface area contributed by atoms with Gasteiger partial charge in [-0.2, -0.15) is 0 Å². The number of carbonyl (C=O) groups excluding carboxylic acids is 3. The van der Waals surface area contributed by atoms with Gasteiger partial charge in [-0.05, 0) is 49.4 Å². The number of piperidine rings is 1. The van der Waals surface area contributed by atoms with Gasteiger partial charge in [0.15, 0.2) is 0 Å². The van der Waals surface area contributed by atoms with Crippen LogP contribution in [0.4, 0.5) is 0 Å². The highest BCUT2D eigenvalue weighted by Crippen LogP contribution is 2.40. The van der Waals surface area contributed by atoms with Crippen molar-refractivity contribution in [3.8, 4) is 0 Å². The van der Waals surface area contributed by atoms with Crippen molar-refractivity contribution in [2.24, 2.45) is 0 Å². The summed E-state index contributed by atoms with van der Waals surface area (Å²) in [6.45, 7) is 2.07. The van der Waals surface area contributed by atoms with E-state index in [0.29, 0.717) is 17.5 Å². The second-order valence-electron chi connectivity index (χ2n) is 7.99. The minimum atomic E-state index is -0.793. The molecule has 3 aliphatic rings. The Hall–Kier alpha value is -2.95. The van der Waals surface area contributed by atoms with Crippen LogP contribution < -0.4 is 0 Å². The van der Waals surface area contributed by atoms with E-state index in [2.05, 4.69) is 13.0 Å². The Labute approximate surface area is 163 Å². The van der Waals surface area contributed by atoms with Crippen LogP contribution in [-0.2, 0) is 11.2 Å². The lowest BCUT2D eigenvalue weighted by Crippen LogP contribution is -2.54. The summed E-state index contributed by atoms with van der Waals surface area (Å²) in [5.74, 6) is -0.831. The molecule has 2 aromatic carbocycles. The van der Waals surface area contributed by atoms with Crippen LogP contribution in [0, 0.1) is 0 Å². The van der Waals surface area contributed by atoms with Gasteiger partial charge in [0.2, 0.25) is 5.91 Å². The van der Waals surface area contributed by atoms with Crippen molar-refractivity contribution in [1.82, 2.24) is 9.80 Å². The van der Waals surface area contributed by atoms with Gasteiger partial charge in [-0.25, -0.2) is 0 Å². The Morgan fingerprint density at radius 3 is 2.18 bits per heavy atom. The molecule has 0 unspecified atom stereocenters. The van der Waals surface area contributed by atoms with Gasteiger partial charge >= 0.3 is 0 Å². The number of nitrogens with zero attached hydrogens (tertiary/aromatic N) is 2. The largest absolute Gasteiger partial charge is 0.331 e. The fourth-order valence-electron chi connectivity index (χ4n) is 5.07. The zero-order chi connectivity index (χ0) is 19.4. The minimum Gasteiger partial charge on any atom is -0.331 e. The van der Waals surface area contributed by atoms with Gasteiger partial charge in [0.1, 0.15) is 6.04 Å². The average Bonchev–Trinajstić information content (AvgIpc) is 2.88. The third kappa shape index (κ3) is 2.35. The number of rotatable bonds is 1. The molecule has 2 aromatic rings. The fraction of sp³-hybridized carbons (Fsp3) is 0.348. The monoisotopic (exact) mass is 374 g/mol. The standard InChI is InChI=1S/C23H22N2O3/c1-14-7-6-12-19-16-9-3-2-8-15(16)13-20(23(28)24(14)19)25-21(26)17-10-4-5-11-18(17)22(25)27/h2-5,8-11,14,19-20H,6-7,12-13H2,1H3/t14-,19-,20+/m1/s1. The van der Waals surface area contributed by atoms with E-state index >= 15 is 0 Å². The summed E-state index contributed by atoms with van der Waals surface area (Å²) < 4.78 is 0. The third-order valence-electron chi connectivity index (χ3n) is 6.41. The van der Waals surface area contributed by atoms with E-state index in [4.69, 9.17) is 0 Å². The third-order valence-corrected chi connectivity index (χ3v) is 6.41. The molecule has 142 valence electrons. The molecule has 28 heavy (non-hydrogen) atoms. The van der Waals surface area contributed by atoms with Crippen molar-refractivity contribution in [2.75, 3.05) is 0 Å². The van der Waals surface area contributed by atoms with E-state index in [0.717, 1.165) is 30.4 Å². The smallest absolute Gasteiger partial charge is 0.262 e. The summed E-state index contributed by atoms with van der Waals surface area (Å²) in [6.07, 6.45) is 3.31. The van der Waals surface area contributed by atoms with Crippen LogP contribution >= 0.6 is 0 Å². The summed E-state index contributed by atoms with van der Waals surface area (Å²) in [7, 11) is 0. The molecule has 3 amide bonds. The van der Waals surface area contributed by atoms with Crippen molar-refractivity contribution in [3.63, 3.8) is 0 Å². The number of hydrogen-bond donors (Lipinski definition) is 0. The SMILES string of the molecule is C[C@@H]1CCC[C@@H]2c3ccccc3C[C@H](N3C(=O)c4ccccc4C3=O)C(=O)N12. The number of amides is 3. The van der Waals surface area contributed by atoms with Crippen molar-refractivity contribution >= 4 is 17.7 Å². The molecule has 3 atom stereocenters. The van der Waals surface area contributed by atoms with Crippen molar-refractivity contribution in [2.45, 2.75) is 50.7 Å². The van der Waals surface area contributed by atoms with Gasteiger partial charge in [0.25, 0.3) is 11.8 Å². The van der Waals surface area contributed by atoms with E-state index < -0.39 is 6.04 Å². The van der Waals surface area contributed by atoms with Crippen molar-refractivity contribution in [3.05, 3.63) is 70.8 Å². The number of imide groups is 1. The van der Waals surface area contributed by atoms with E-state index in [9.17, 15) is 14.4 Å². The lowest BCUT2D eigenvalue weighted by molar-refractivity contribution is -0.141. The van der Waals surface area contributed by atoms with Gasteiger partial charge in [0, 0.05) is 12.5 Å². The van der Waals surface area contributed by atoms with E-state index in [1.807, 2.05) is 23.1 Å². The Morgan fingerprint density at radius 2 is 1.46 bits per heavy atom. The molecule has 5 heteroatoms. The van der Waals surface area contributed by atoms with Crippen LogP contribution in [-0.4, -0.2) is 39.6 Å². The first kappa shape index (κ1) is 17.2. The van der Waals surface area contributed by atoms with Crippen LogP contribution in [0.3, 0.4) is 0 Å². The maximum Gasteiger partial charge on any atom is 0.262 e. The van der Waals surface area contributed by atoms with Gasteiger partial charge in [-0.3, -0.25) is 19.3 Å². The summed E-state index contributed by atoms with van der Waals surface area (Å²) >= 11 is 0. The second kappa shape index (κ2) is 6.30. The number of carbonyl (C=O) groups is 3. The molecule has 0 spiro atoms. The lowest BCUT2D eigenvalue weighted by atomic mass is 9.90. The first-order valence-electron chi connectivity index (χ1n) is 9.95. The van der Waals surface area contributed by atoms with Crippen molar-refractivity contribution < 1.29 is 14.4 Å². The first-order valence-corrected chi connectivity index (χ1v) is 9.95. The number of fused-ring (bicyclic) bond motifs is 4. The van der Waals surface area contributed by atoms with E-state index in [1.165, 1.54) is 4.90 Å². The maximum absolute atomic E-state index is 13.7. The fourth-order valence-corrected chi connectivity index (χ4v) is 5.07. The summed E-state index contributed by atoms with van der Waals surface area (Å²) in [4.78, 5) is 42.9. The molecule has 0 aromatic heterocycles. The van der Waals surface area contributed by atoms with Crippen molar-refractivity contribution in [1.29, 1.82) is 0 Å². The molecule has 5 rings (SSSR count). The number of benzene rings is 2. The Bertz CT molecular complexity index is 964. The zero-order valence-corrected chi connectivity index (χ0v) is 15.8. The molecule has 1 fully saturated rings. The average molecular weight is 374 g/mol. The molecule has 0 radical (unpaired) electrons.